The van der Waals surface area contributed by atoms with Gasteiger partial charge in [0.2, 0.25) is 0 Å². The molecule has 0 spiro atoms. The van der Waals surface area contributed by atoms with Crippen molar-refractivity contribution < 1.29 is 14.6 Å². The van der Waals surface area contributed by atoms with Gasteiger partial charge in [-0.2, -0.15) is 0 Å². The fourth-order valence-corrected chi connectivity index (χ4v) is 2.35. The van der Waals surface area contributed by atoms with Gasteiger partial charge in [-0.3, -0.25) is 0 Å². The quantitative estimate of drug-likeness (QED) is 0.897. The molecule has 0 bridgehead atoms. The summed E-state index contributed by atoms with van der Waals surface area (Å²) in [5.74, 6) is 0.242. The third-order valence-corrected chi connectivity index (χ3v) is 3.31. The molecule has 1 aliphatic rings. The lowest BCUT2D eigenvalue weighted by atomic mass is 10.0. The molecule has 102 valence electrons. The number of carboxylic acid groups (broad SMARTS) is 1. The summed E-state index contributed by atoms with van der Waals surface area (Å²) in [5, 5.41) is 12.4. The van der Waals surface area contributed by atoms with Gasteiger partial charge in [0.15, 0.2) is 0 Å². The van der Waals surface area contributed by atoms with Crippen LogP contribution in [-0.4, -0.2) is 22.7 Å². The van der Waals surface area contributed by atoms with Crippen LogP contribution in [0.5, 0.6) is 5.75 Å². The molecule has 2 aromatic rings. The van der Waals surface area contributed by atoms with Crippen LogP contribution in [0.25, 0.3) is 0 Å². The second-order valence-electron chi connectivity index (χ2n) is 4.58. The van der Waals surface area contributed by atoms with Crippen molar-refractivity contribution in [3.8, 4) is 5.75 Å². The summed E-state index contributed by atoms with van der Waals surface area (Å²) in [5.41, 5.74) is 1.21. The van der Waals surface area contributed by atoms with E-state index in [1.54, 1.807) is 18.3 Å². The number of nitrogens with zero attached hydrogens (tertiary/aromatic N) is 1. The SMILES string of the molecule is O=C(O)c1cccnc1NC1CCOc2ccccc21. The molecule has 1 aromatic carbocycles. The van der Waals surface area contributed by atoms with Crippen LogP contribution in [0.1, 0.15) is 28.4 Å². The van der Waals surface area contributed by atoms with Crippen molar-refractivity contribution in [2.24, 2.45) is 0 Å². The van der Waals surface area contributed by atoms with E-state index in [0.717, 1.165) is 17.7 Å². The van der Waals surface area contributed by atoms with Gasteiger partial charge in [-0.1, -0.05) is 18.2 Å². The summed E-state index contributed by atoms with van der Waals surface area (Å²) in [6, 6.07) is 10.9. The Bertz CT molecular complexity index is 643. The van der Waals surface area contributed by atoms with Crippen LogP contribution in [0, 0.1) is 0 Å². The van der Waals surface area contributed by atoms with E-state index in [4.69, 9.17) is 4.74 Å². The average Bonchev–Trinajstić information content (AvgIpc) is 2.48. The fourth-order valence-electron chi connectivity index (χ4n) is 2.35. The molecule has 20 heavy (non-hydrogen) atoms. The Morgan fingerprint density at radius 3 is 3.00 bits per heavy atom. The maximum atomic E-state index is 11.2. The van der Waals surface area contributed by atoms with Crippen LogP contribution >= 0.6 is 0 Å². The number of aromatic nitrogens is 1. The first-order chi connectivity index (χ1) is 9.75. The first-order valence-electron chi connectivity index (χ1n) is 6.42. The van der Waals surface area contributed by atoms with E-state index < -0.39 is 5.97 Å². The lowest BCUT2D eigenvalue weighted by molar-refractivity contribution is 0.0697. The van der Waals surface area contributed by atoms with Gasteiger partial charge in [-0.15, -0.1) is 0 Å². The highest BCUT2D eigenvalue weighted by molar-refractivity contribution is 5.93. The topological polar surface area (TPSA) is 71.5 Å². The molecule has 0 aliphatic carbocycles. The Hall–Kier alpha value is -2.56. The maximum Gasteiger partial charge on any atom is 0.339 e. The second-order valence-corrected chi connectivity index (χ2v) is 4.58. The number of anilines is 1. The summed E-state index contributed by atoms with van der Waals surface area (Å²) in [7, 11) is 0. The van der Waals surface area contributed by atoms with E-state index in [0.29, 0.717) is 12.4 Å². The monoisotopic (exact) mass is 270 g/mol. The van der Waals surface area contributed by atoms with E-state index in [1.165, 1.54) is 0 Å². The number of ether oxygens (including phenoxy) is 1. The molecule has 1 aliphatic heterocycles. The van der Waals surface area contributed by atoms with Crippen molar-refractivity contribution in [1.29, 1.82) is 0 Å². The van der Waals surface area contributed by atoms with Gasteiger partial charge in [0.25, 0.3) is 0 Å². The first-order valence-corrected chi connectivity index (χ1v) is 6.42. The summed E-state index contributed by atoms with van der Waals surface area (Å²) >= 11 is 0. The van der Waals surface area contributed by atoms with Crippen molar-refractivity contribution in [2.45, 2.75) is 12.5 Å². The standard InChI is InChI=1S/C15H14N2O3/c18-15(19)11-5-3-8-16-14(11)17-12-7-9-20-13-6-2-1-4-10(12)13/h1-6,8,12H,7,9H2,(H,16,17)(H,18,19). The number of hydrogen-bond donors (Lipinski definition) is 2. The van der Waals surface area contributed by atoms with Crippen LogP contribution in [0.4, 0.5) is 5.82 Å². The molecule has 0 saturated carbocycles. The summed E-state index contributed by atoms with van der Waals surface area (Å²) < 4.78 is 5.59. The zero-order chi connectivity index (χ0) is 13.9. The zero-order valence-electron chi connectivity index (χ0n) is 10.7. The maximum absolute atomic E-state index is 11.2. The molecule has 5 heteroatoms. The van der Waals surface area contributed by atoms with Crippen LogP contribution in [0.3, 0.4) is 0 Å². The van der Waals surface area contributed by atoms with Crippen LogP contribution in [-0.2, 0) is 0 Å². The minimum absolute atomic E-state index is 0.00736. The number of carboxylic acids is 1. The Morgan fingerprint density at radius 2 is 2.15 bits per heavy atom. The van der Waals surface area contributed by atoms with Crippen LogP contribution in [0.2, 0.25) is 0 Å². The summed E-state index contributed by atoms with van der Waals surface area (Å²) in [6.45, 7) is 0.601. The molecule has 5 nitrogen and oxygen atoms in total. The number of rotatable bonds is 3. The smallest absolute Gasteiger partial charge is 0.339 e. The van der Waals surface area contributed by atoms with Gasteiger partial charge in [-0.05, 0) is 18.2 Å². The van der Waals surface area contributed by atoms with Crippen molar-refractivity contribution in [1.82, 2.24) is 4.98 Å². The molecule has 3 rings (SSSR count). The fraction of sp³-hybridized carbons (Fsp3) is 0.200. The van der Waals surface area contributed by atoms with Gasteiger partial charge < -0.3 is 15.2 Å². The molecule has 1 aromatic heterocycles. The third kappa shape index (κ3) is 2.30. The highest BCUT2D eigenvalue weighted by atomic mass is 16.5. The van der Waals surface area contributed by atoms with Crippen LogP contribution < -0.4 is 10.1 Å². The minimum Gasteiger partial charge on any atom is -0.493 e. The Labute approximate surface area is 116 Å². The summed E-state index contributed by atoms with van der Waals surface area (Å²) in [4.78, 5) is 15.3. The molecule has 0 amide bonds. The van der Waals surface area contributed by atoms with Crippen molar-refractivity contribution in [2.75, 3.05) is 11.9 Å². The van der Waals surface area contributed by atoms with E-state index in [-0.39, 0.29) is 11.6 Å². The summed E-state index contributed by atoms with van der Waals surface area (Å²) in [6.07, 6.45) is 2.35. The van der Waals surface area contributed by atoms with E-state index in [1.807, 2.05) is 24.3 Å². The zero-order valence-corrected chi connectivity index (χ0v) is 10.7. The Balaban J connectivity index is 1.92. The lowest BCUT2D eigenvalue weighted by Crippen LogP contribution is -2.21. The van der Waals surface area contributed by atoms with Crippen molar-refractivity contribution >= 4 is 11.8 Å². The Morgan fingerprint density at radius 1 is 1.30 bits per heavy atom. The first kappa shape index (κ1) is 12.5. The second kappa shape index (κ2) is 5.21. The molecule has 2 heterocycles. The lowest BCUT2D eigenvalue weighted by Gasteiger charge is -2.27. The van der Waals surface area contributed by atoms with Gasteiger partial charge in [0.1, 0.15) is 17.1 Å². The number of fused-ring (bicyclic) bond motifs is 1. The Kier molecular flexibility index (Phi) is 3.25. The molecule has 0 saturated heterocycles. The molecule has 1 atom stereocenters. The number of carbonyl (C=O) groups is 1. The molecular formula is C15H14N2O3. The normalized spacial score (nSPS) is 16.9. The molecular weight excluding hydrogens is 256 g/mol. The van der Waals surface area contributed by atoms with Crippen molar-refractivity contribution in [3.63, 3.8) is 0 Å². The van der Waals surface area contributed by atoms with Gasteiger partial charge in [-0.25, -0.2) is 9.78 Å². The molecule has 2 N–H and O–H groups in total. The number of para-hydroxylation sites is 1. The minimum atomic E-state index is -0.985. The third-order valence-electron chi connectivity index (χ3n) is 3.31. The van der Waals surface area contributed by atoms with Crippen LogP contribution in [0.15, 0.2) is 42.6 Å². The predicted octanol–water partition coefficient (Wildman–Crippen LogP) is 2.72. The number of pyridine rings is 1. The number of aromatic carboxylic acids is 1. The number of hydrogen-bond acceptors (Lipinski definition) is 4. The van der Waals surface area contributed by atoms with E-state index >= 15 is 0 Å². The van der Waals surface area contributed by atoms with E-state index in [9.17, 15) is 9.90 Å². The van der Waals surface area contributed by atoms with E-state index in [2.05, 4.69) is 10.3 Å². The highest BCUT2D eigenvalue weighted by Crippen LogP contribution is 2.34. The molecule has 1 unspecified atom stereocenters. The largest absolute Gasteiger partial charge is 0.493 e. The van der Waals surface area contributed by atoms with Gasteiger partial charge in [0.05, 0.1) is 12.6 Å². The molecule has 0 radical (unpaired) electrons. The number of nitrogens with one attached hydrogen (secondary N) is 1. The van der Waals surface area contributed by atoms with Gasteiger partial charge in [0, 0.05) is 18.2 Å². The number of benzene rings is 1. The average molecular weight is 270 g/mol. The predicted molar refractivity (Wildman–Crippen MR) is 74.1 cm³/mol. The van der Waals surface area contributed by atoms with Gasteiger partial charge >= 0.3 is 5.97 Å². The van der Waals surface area contributed by atoms with Crippen molar-refractivity contribution in [3.05, 3.63) is 53.7 Å². The molecule has 0 fully saturated rings. The highest BCUT2D eigenvalue weighted by Gasteiger charge is 2.22.